The molecule has 0 amide bonds. The van der Waals surface area contributed by atoms with E-state index in [1.54, 1.807) is 0 Å². The zero-order chi connectivity index (χ0) is 69.3. The van der Waals surface area contributed by atoms with E-state index in [2.05, 4.69) is 170 Å². The zero-order valence-corrected chi connectivity index (χ0v) is 65.2. The average Bonchev–Trinajstić information content (AvgIpc) is 1.62. The molecule has 0 bridgehead atoms. The van der Waals surface area contributed by atoms with E-state index in [1.807, 2.05) is 97.1 Å². The summed E-state index contributed by atoms with van der Waals surface area (Å²) in [5.74, 6) is 2.42. The first-order chi connectivity index (χ1) is 45.0. The fourth-order valence-corrected chi connectivity index (χ4v) is 10.6. The number of aromatic nitrogens is 3. The summed E-state index contributed by atoms with van der Waals surface area (Å²) in [5, 5.41) is 28.1. The molecule has 0 aliphatic carbocycles. The van der Waals surface area contributed by atoms with Crippen molar-refractivity contribution in [1.82, 2.24) is 15.0 Å². The number of rotatable bonds is 9. The van der Waals surface area contributed by atoms with Gasteiger partial charge in [0.15, 0.2) is 17.3 Å². The Hall–Kier alpha value is -9.03. The number of fused-ring (bicyclic) bond motifs is 3. The third-order valence-corrected chi connectivity index (χ3v) is 14.4. The average molecular weight is 1840 g/mol. The van der Waals surface area contributed by atoms with E-state index in [4.69, 9.17) is 33.6 Å². The molecule has 6 heterocycles. The fourth-order valence-electron chi connectivity index (χ4n) is 10.6. The number of carbonyl (C=O) groups is 3. The number of benzene rings is 6. The number of ketones is 3. The topological polar surface area (TPSA) is 190 Å². The van der Waals surface area contributed by atoms with Gasteiger partial charge in [0.05, 0.1) is 17.3 Å². The predicted molar refractivity (Wildman–Crippen MR) is 384 cm³/mol. The molecule has 15 heteroatoms. The number of aliphatic hydroxyl groups excluding tert-OH is 3. The van der Waals surface area contributed by atoms with Crippen molar-refractivity contribution in [3.05, 3.63) is 268 Å². The fraction of sp³-hybridized carbons (Fsp3) is 0.205. The molecule has 0 aliphatic heterocycles. The minimum absolute atomic E-state index is 0. The van der Waals surface area contributed by atoms with E-state index in [9.17, 15) is 14.4 Å². The summed E-state index contributed by atoms with van der Waals surface area (Å²) in [6.45, 7) is 30.2. The van der Waals surface area contributed by atoms with Crippen molar-refractivity contribution in [2.75, 3.05) is 0 Å². The minimum atomic E-state index is -0.125. The van der Waals surface area contributed by atoms with E-state index < -0.39 is 0 Å². The second kappa shape index (κ2) is 37.6. The molecular formula is C83H82Ir3N3O9-3. The first kappa shape index (κ1) is 81.4. The van der Waals surface area contributed by atoms with Crippen LogP contribution in [-0.4, -0.2) is 47.6 Å². The molecule has 98 heavy (non-hydrogen) atoms. The Labute approximate surface area is 616 Å². The van der Waals surface area contributed by atoms with E-state index in [-0.39, 0.29) is 100 Å². The van der Waals surface area contributed by atoms with Crippen LogP contribution in [0.5, 0.6) is 0 Å². The maximum atomic E-state index is 10.0. The second-order valence-electron chi connectivity index (χ2n) is 24.5. The Balaban J connectivity index is 0.000000269. The van der Waals surface area contributed by atoms with Crippen LogP contribution < -0.4 is 0 Å². The molecule has 6 aromatic carbocycles. The minimum Gasteiger partial charge on any atom is -0.512 e. The van der Waals surface area contributed by atoms with Crippen molar-refractivity contribution in [3.8, 4) is 67.7 Å². The Morgan fingerprint density at radius 3 is 0.959 bits per heavy atom. The van der Waals surface area contributed by atoms with Gasteiger partial charge in [-0.15, -0.1) is 108 Å². The molecule has 0 fully saturated rings. The van der Waals surface area contributed by atoms with Gasteiger partial charge in [-0.3, -0.25) is 29.3 Å². The quantitative estimate of drug-likeness (QED) is 0.0705. The predicted octanol–water partition coefficient (Wildman–Crippen LogP) is 21.4. The maximum absolute atomic E-state index is 10.0. The number of nitrogens with zero attached hydrogens (tertiary/aromatic N) is 3. The Morgan fingerprint density at radius 1 is 0.388 bits per heavy atom. The molecule has 6 aromatic heterocycles. The normalized spacial score (nSPS) is 11.0. The van der Waals surface area contributed by atoms with Crippen LogP contribution in [0.15, 0.2) is 219 Å². The van der Waals surface area contributed by atoms with Crippen LogP contribution in [0.3, 0.4) is 0 Å². The molecule has 0 unspecified atom stereocenters. The molecule has 0 atom stereocenters. The first-order valence-electron chi connectivity index (χ1n) is 31.1. The van der Waals surface area contributed by atoms with Gasteiger partial charge in [0.1, 0.15) is 17.3 Å². The van der Waals surface area contributed by atoms with Gasteiger partial charge in [0.25, 0.3) is 0 Å². The van der Waals surface area contributed by atoms with Crippen LogP contribution in [0.1, 0.15) is 107 Å². The molecule has 0 saturated carbocycles. The Kier molecular flexibility index (Phi) is 31.3. The number of hydrogen-bond donors (Lipinski definition) is 3. The largest absolute Gasteiger partial charge is 0.512 e. The summed E-state index contributed by atoms with van der Waals surface area (Å²) < 4.78 is 18.3. The third kappa shape index (κ3) is 23.9. The molecule has 0 spiro atoms. The number of carbonyl (C=O) groups excluding carboxylic acids is 3. The van der Waals surface area contributed by atoms with Gasteiger partial charge >= 0.3 is 0 Å². The smallest absolute Gasteiger partial charge is 0.217 e. The number of hydrogen-bond acceptors (Lipinski definition) is 12. The van der Waals surface area contributed by atoms with Gasteiger partial charge in [0, 0.05) is 111 Å². The summed E-state index contributed by atoms with van der Waals surface area (Å²) in [6.07, 6.45) is 3.50. The van der Waals surface area contributed by atoms with E-state index in [1.165, 1.54) is 104 Å². The van der Waals surface area contributed by atoms with Gasteiger partial charge in [-0.1, -0.05) is 104 Å². The van der Waals surface area contributed by atoms with Crippen LogP contribution >= 0.6 is 0 Å². The van der Waals surface area contributed by atoms with Crippen molar-refractivity contribution in [3.63, 3.8) is 0 Å². The molecule has 0 saturated heterocycles. The molecule has 12 rings (SSSR count). The molecule has 0 aliphatic rings. The van der Waals surface area contributed by atoms with Gasteiger partial charge in [0.2, 0.25) is 17.1 Å². The van der Waals surface area contributed by atoms with E-state index in [0.29, 0.717) is 17.1 Å². The number of allylic oxidation sites excluding steroid dienone is 6. The standard InChI is InChI=1S/C25H24NO.C22H18NO.C21H16NO.3C5H8O2.3Ir/c1-16-13-20(25(3,4)5)14-17(2)23(16)22-15-19-11-12-21(26-24(19)27-22)18-9-7-6-8-10-18;1-14-11-15(2)21(16(3)12-14)20-13-18-9-10-19(23-22(18)24-20)17-7-5-4-6-8-17;1-14-10-15(2)12-18(11-14)20-13-17-8-9-19(22-21(17)23-20)16-6-4-3-5-7-16;3*1-4(6)3-5(2)7;;;/h6-9,11-15H,1-5H3;4-7,9-13H,1-3H3;3-6,8-13H,1-2H3;3*3,6H,1-2H3;;;/q3*-1;;;;;;. The first-order valence-corrected chi connectivity index (χ1v) is 31.1. The summed E-state index contributed by atoms with van der Waals surface area (Å²) in [4.78, 5) is 44.1. The van der Waals surface area contributed by atoms with Crippen LogP contribution in [-0.2, 0) is 80.1 Å². The van der Waals surface area contributed by atoms with Crippen molar-refractivity contribution < 1.29 is 103 Å². The van der Waals surface area contributed by atoms with Gasteiger partial charge in [-0.2, -0.15) is 0 Å². The van der Waals surface area contributed by atoms with Crippen LogP contribution in [0.25, 0.3) is 101 Å². The van der Waals surface area contributed by atoms with Crippen molar-refractivity contribution in [2.45, 2.75) is 116 Å². The Bertz CT molecular complexity index is 4620. The molecule has 12 aromatic rings. The summed E-state index contributed by atoms with van der Waals surface area (Å²) in [6, 6.07) is 67.0. The third-order valence-electron chi connectivity index (χ3n) is 14.4. The molecular weight excluding hydrogens is 1760 g/mol. The number of aryl methyl sites for hydroxylation is 7. The van der Waals surface area contributed by atoms with Gasteiger partial charge < -0.3 is 28.6 Å². The second-order valence-corrected chi connectivity index (χ2v) is 24.5. The van der Waals surface area contributed by atoms with E-state index in [0.717, 1.165) is 83.9 Å². The number of pyridine rings is 3. The summed E-state index contributed by atoms with van der Waals surface area (Å²) in [5.41, 5.74) is 21.1. The van der Waals surface area contributed by atoms with Crippen molar-refractivity contribution in [2.24, 2.45) is 0 Å². The number of furan rings is 3. The van der Waals surface area contributed by atoms with Crippen LogP contribution in [0, 0.1) is 66.7 Å². The summed E-state index contributed by atoms with van der Waals surface area (Å²) >= 11 is 0. The molecule has 3 radical (unpaired) electrons. The molecule has 513 valence electrons. The summed E-state index contributed by atoms with van der Waals surface area (Å²) in [7, 11) is 0. The van der Waals surface area contributed by atoms with Crippen molar-refractivity contribution >= 4 is 50.6 Å². The Morgan fingerprint density at radius 2 is 0.684 bits per heavy atom. The SMILES string of the molecule is CC(=O)C=C(C)O.CC(=O)C=C(C)O.CC(=O)C=C(C)O.Cc1cc(C(C)(C)C)cc(C)c1-c1cc2ccc(-c3[c-]cccc3)nc2o1.Cc1cc(C)c(-c2cc3ccc(-c4[c-]cccc4)nc3o2)c(C)c1.Cc1cc(C)cc(-c2cc3ccc(-c4[c-]cccc4)nc3o2)c1.[Ir].[Ir].[Ir]. The number of aliphatic hydroxyl groups is 3. The van der Waals surface area contributed by atoms with E-state index >= 15 is 0 Å². The van der Waals surface area contributed by atoms with Crippen molar-refractivity contribution in [1.29, 1.82) is 0 Å². The molecule has 3 N–H and O–H groups in total. The van der Waals surface area contributed by atoms with Crippen LogP contribution in [0.2, 0.25) is 0 Å². The molecule has 12 nitrogen and oxygen atoms in total. The van der Waals surface area contributed by atoms with Crippen LogP contribution in [0.4, 0.5) is 0 Å². The van der Waals surface area contributed by atoms with Gasteiger partial charge in [-0.05, 0) is 171 Å². The zero-order valence-electron chi connectivity index (χ0n) is 58.0. The monoisotopic (exact) mass is 1840 g/mol. The van der Waals surface area contributed by atoms with Gasteiger partial charge in [-0.25, -0.2) is 0 Å². The maximum Gasteiger partial charge on any atom is 0.217 e.